The minimum Gasteiger partial charge on any atom is -0.250 e. The van der Waals surface area contributed by atoms with Crippen molar-refractivity contribution in [2.75, 3.05) is 11.0 Å². The Balaban J connectivity index is 1.78. The third-order valence-corrected chi connectivity index (χ3v) is 6.35. The van der Waals surface area contributed by atoms with Crippen LogP contribution < -0.4 is 4.72 Å². The summed E-state index contributed by atoms with van der Waals surface area (Å²) in [7, 11) is -3.71. The highest BCUT2D eigenvalue weighted by Gasteiger charge is 2.31. The summed E-state index contributed by atoms with van der Waals surface area (Å²) in [6, 6.07) is 15.3. The van der Waals surface area contributed by atoms with E-state index in [1.165, 1.54) is 16.6 Å². The Morgan fingerprint density at radius 2 is 1.82 bits per heavy atom. The average Bonchev–Trinajstić information content (AvgIpc) is 3.49. The lowest BCUT2D eigenvalue weighted by molar-refractivity contribution is -0.137. The van der Waals surface area contributed by atoms with Gasteiger partial charge in [-0.1, -0.05) is 12.1 Å². The number of anilines is 1. The molecule has 0 aliphatic rings. The van der Waals surface area contributed by atoms with Gasteiger partial charge < -0.3 is 0 Å². The molecule has 3 heterocycles. The van der Waals surface area contributed by atoms with Gasteiger partial charge in [0.2, 0.25) is 10.0 Å². The number of sulfonamides is 1. The number of alkyl halides is 3. The second-order valence-electron chi connectivity index (χ2n) is 8.49. The molecule has 3 aromatic heterocycles. The number of hydrogen-bond donors (Lipinski definition) is 1. The summed E-state index contributed by atoms with van der Waals surface area (Å²) in [5, 5.41) is 17.7. The fourth-order valence-electron chi connectivity index (χ4n) is 4.16. The van der Waals surface area contributed by atoms with Gasteiger partial charge in [-0.25, -0.2) is 17.6 Å². The Morgan fingerprint density at radius 3 is 2.47 bits per heavy atom. The second kappa shape index (κ2) is 9.00. The molecule has 5 rings (SSSR count). The minimum absolute atomic E-state index is 0.168. The Hall–Kier alpha value is -4.70. The molecule has 38 heavy (non-hydrogen) atoms. The van der Waals surface area contributed by atoms with Crippen molar-refractivity contribution < 1.29 is 21.6 Å². The zero-order valence-corrected chi connectivity index (χ0v) is 20.7. The Bertz CT molecular complexity index is 1830. The van der Waals surface area contributed by atoms with Gasteiger partial charge in [0, 0.05) is 17.3 Å². The molecule has 0 saturated heterocycles. The predicted octanol–water partition coefficient (Wildman–Crippen LogP) is 4.82. The molecule has 5 aromatic rings. The van der Waals surface area contributed by atoms with Crippen LogP contribution in [-0.4, -0.2) is 39.1 Å². The summed E-state index contributed by atoms with van der Waals surface area (Å²) < 4.78 is 69.4. The zero-order chi connectivity index (χ0) is 27.2. The quantitative estimate of drug-likeness (QED) is 0.344. The maximum Gasteiger partial charge on any atom is 0.416 e. The van der Waals surface area contributed by atoms with Gasteiger partial charge in [-0.15, -0.1) is 5.10 Å². The van der Waals surface area contributed by atoms with E-state index in [1.807, 2.05) is 0 Å². The molecule has 0 fully saturated rings. The second-order valence-corrected chi connectivity index (χ2v) is 10.2. The van der Waals surface area contributed by atoms with Crippen LogP contribution in [0.1, 0.15) is 16.7 Å². The highest BCUT2D eigenvalue weighted by Crippen LogP contribution is 2.38. The standard InChI is InChI=1S/C25H18F3N7O2S/c1-15-20(21-10-11-30-35(21)19-8-6-16(13-29)7-9-19)14-34-23(31-24(32-34)33-38(2,36)37)22(15)17-4-3-5-18(12-17)25(26,27)28/h3-12,14H,1-2H3,(H,32,33). The smallest absolute Gasteiger partial charge is 0.250 e. The molecule has 2 aromatic carbocycles. The van der Waals surface area contributed by atoms with Gasteiger partial charge in [0.05, 0.1) is 41.0 Å². The summed E-state index contributed by atoms with van der Waals surface area (Å²) >= 11 is 0. The largest absolute Gasteiger partial charge is 0.416 e. The van der Waals surface area contributed by atoms with Gasteiger partial charge >= 0.3 is 6.18 Å². The maximum atomic E-state index is 13.5. The lowest BCUT2D eigenvalue weighted by Crippen LogP contribution is -2.10. The number of aromatic nitrogens is 5. The average molecular weight is 538 g/mol. The number of pyridine rings is 1. The summed E-state index contributed by atoms with van der Waals surface area (Å²) in [4.78, 5) is 4.28. The van der Waals surface area contributed by atoms with Crippen LogP contribution in [0.3, 0.4) is 0 Å². The van der Waals surface area contributed by atoms with Crippen molar-refractivity contribution in [1.82, 2.24) is 24.4 Å². The van der Waals surface area contributed by atoms with Crippen molar-refractivity contribution in [2.45, 2.75) is 13.1 Å². The number of halogens is 3. The van der Waals surface area contributed by atoms with Crippen LogP contribution >= 0.6 is 0 Å². The van der Waals surface area contributed by atoms with Crippen LogP contribution in [0.5, 0.6) is 0 Å². The number of benzene rings is 2. The third kappa shape index (κ3) is 4.69. The van der Waals surface area contributed by atoms with E-state index >= 15 is 0 Å². The lowest BCUT2D eigenvalue weighted by atomic mass is 9.95. The third-order valence-electron chi connectivity index (χ3n) is 5.80. The molecular formula is C25H18F3N7O2S. The van der Waals surface area contributed by atoms with Gasteiger partial charge in [0.15, 0.2) is 5.65 Å². The SMILES string of the molecule is Cc1c(-c2ccnn2-c2ccc(C#N)cc2)cn2nc(NS(C)(=O)=O)nc2c1-c1cccc(C(F)(F)F)c1. The molecule has 13 heteroatoms. The van der Waals surface area contributed by atoms with Crippen LogP contribution in [0.25, 0.3) is 33.7 Å². The van der Waals surface area contributed by atoms with Crippen LogP contribution in [0.2, 0.25) is 0 Å². The van der Waals surface area contributed by atoms with Crippen LogP contribution in [0.4, 0.5) is 19.1 Å². The molecule has 1 N–H and O–H groups in total. The molecule has 0 amide bonds. The van der Waals surface area contributed by atoms with E-state index in [-0.39, 0.29) is 17.2 Å². The van der Waals surface area contributed by atoms with Crippen molar-refractivity contribution >= 4 is 21.6 Å². The normalized spacial score (nSPS) is 12.0. The first-order chi connectivity index (χ1) is 17.9. The van der Waals surface area contributed by atoms with Crippen LogP contribution in [0.15, 0.2) is 67.0 Å². The van der Waals surface area contributed by atoms with E-state index in [4.69, 9.17) is 5.26 Å². The summed E-state index contributed by atoms with van der Waals surface area (Å²) in [6.45, 7) is 1.74. The minimum atomic E-state index is -4.57. The molecule has 0 saturated carbocycles. The molecule has 0 radical (unpaired) electrons. The number of nitrogens with one attached hydrogen (secondary N) is 1. The molecule has 0 aliphatic heterocycles. The highest BCUT2D eigenvalue weighted by molar-refractivity contribution is 7.91. The molecule has 0 unspecified atom stereocenters. The van der Waals surface area contributed by atoms with Gasteiger partial charge in [0.1, 0.15) is 0 Å². The fourth-order valence-corrected chi connectivity index (χ4v) is 4.58. The van der Waals surface area contributed by atoms with E-state index in [2.05, 4.69) is 26.0 Å². The zero-order valence-electron chi connectivity index (χ0n) is 19.9. The summed E-state index contributed by atoms with van der Waals surface area (Å²) in [5.74, 6) is -0.224. The summed E-state index contributed by atoms with van der Waals surface area (Å²) in [6.07, 6.45) is -0.444. The van der Waals surface area contributed by atoms with Gasteiger partial charge in [0.25, 0.3) is 5.95 Å². The molecule has 0 spiro atoms. The molecule has 0 aliphatic carbocycles. The number of hydrogen-bond acceptors (Lipinski definition) is 6. The highest BCUT2D eigenvalue weighted by atomic mass is 32.2. The summed E-state index contributed by atoms with van der Waals surface area (Å²) in [5.41, 5.74) is 2.77. The maximum absolute atomic E-state index is 13.5. The van der Waals surface area contributed by atoms with Crippen molar-refractivity contribution in [3.8, 4) is 34.1 Å². The van der Waals surface area contributed by atoms with Gasteiger partial charge in [-0.05, 0) is 60.5 Å². The Kier molecular flexibility index (Phi) is 5.91. The van der Waals surface area contributed by atoms with E-state index in [0.29, 0.717) is 33.6 Å². The Labute approximate surface area is 214 Å². The van der Waals surface area contributed by atoms with E-state index in [0.717, 1.165) is 18.4 Å². The molecule has 0 bridgehead atoms. The first-order valence-corrected chi connectivity index (χ1v) is 12.9. The fraction of sp³-hybridized carbons (Fsp3) is 0.120. The predicted molar refractivity (Wildman–Crippen MR) is 134 cm³/mol. The first kappa shape index (κ1) is 25.0. The van der Waals surface area contributed by atoms with Crippen molar-refractivity contribution in [2.24, 2.45) is 0 Å². The lowest BCUT2D eigenvalue weighted by Gasteiger charge is -2.16. The van der Waals surface area contributed by atoms with Crippen molar-refractivity contribution in [3.05, 3.63) is 83.7 Å². The molecule has 0 atom stereocenters. The molecule has 192 valence electrons. The van der Waals surface area contributed by atoms with Crippen molar-refractivity contribution in [1.29, 1.82) is 5.26 Å². The monoisotopic (exact) mass is 537 g/mol. The van der Waals surface area contributed by atoms with Crippen LogP contribution in [-0.2, 0) is 16.2 Å². The number of nitriles is 1. The molecular weight excluding hydrogens is 519 g/mol. The van der Waals surface area contributed by atoms with E-state index < -0.39 is 21.8 Å². The first-order valence-electron chi connectivity index (χ1n) is 11.0. The number of rotatable bonds is 5. The topological polar surface area (TPSA) is 118 Å². The van der Waals surface area contributed by atoms with E-state index in [1.54, 1.807) is 54.3 Å². The van der Waals surface area contributed by atoms with E-state index in [9.17, 15) is 21.6 Å². The van der Waals surface area contributed by atoms with Gasteiger partial charge in [-0.3, -0.25) is 4.72 Å². The number of fused-ring (bicyclic) bond motifs is 1. The molecule has 9 nitrogen and oxygen atoms in total. The van der Waals surface area contributed by atoms with Crippen LogP contribution in [0, 0.1) is 18.3 Å². The van der Waals surface area contributed by atoms with Crippen molar-refractivity contribution in [3.63, 3.8) is 0 Å². The number of nitrogens with zero attached hydrogens (tertiary/aromatic N) is 6. The Morgan fingerprint density at radius 1 is 1.08 bits per heavy atom. The van der Waals surface area contributed by atoms with Gasteiger partial charge in [-0.2, -0.15) is 28.5 Å².